The second kappa shape index (κ2) is 6.36. The first-order valence-electron chi connectivity index (χ1n) is 6.63. The van der Waals surface area contributed by atoms with E-state index in [0.717, 1.165) is 19.0 Å². The lowest BCUT2D eigenvalue weighted by molar-refractivity contribution is -0.138. The average Bonchev–Trinajstić information content (AvgIpc) is 2.62. The van der Waals surface area contributed by atoms with Crippen molar-refractivity contribution >= 4 is 21.8 Å². The fourth-order valence-electron chi connectivity index (χ4n) is 2.36. The molecule has 1 saturated heterocycles. The lowest BCUT2D eigenvalue weighted by Crippen LogP contribution is -2.35. The number of carbonyl (C=O) groups is 1. The van der Waals surface area contributed by atoms with Crippen molar-refractivity contribution in [2.75, 3.05) is 33.2 Å². The second-order valence-corrected chi connectivity index (χ2v) is 6.05. The van der Waals surface area contributed by atoms with E-state index in [1.807, 2.05) is 7.05 Å². The normalized spacial score (nSPS) is 17.7. The van der Waals surface area contributed by atoms with Crippen LogP contribution in [0.4, 0.5) is 13.2 Å². The van der Waals surface area contributed by atoms with Crippen molar-refractivity contribution in [1.82, 2.24) is 9.80 Å². The zero-order valence-electron chi connectivity index (χ0n) is 11.6. The first-order valence-corrected chi connectivity index (χ1v) is 7.43. The van der Waals surface area contributed by atoms with Gasteiger partial charge in [0.25, 0.3) is 5.91 Å². The fourth-order valence-corrected chi connectivity index (χ4v) is 2.72. The van der Waals surface area contributed by atoms with Gasteiger partial charge in [-0.2, -0.15) is 13.2 Å². The van der Waals surface area contributed by atoms with Crippen LogP contribution < -0.4 is 0 Å². The molecule has 1 amide bonds. The third kappa shape index (κ3) is 3.97. The van der Waals surface area contributed by atoms with Crippen molar-refractivity contribution in [3.05, 3.63) is 33.8 Å². The molecule has 116 valence electrons. The molecule has 21 heavy (non-hydrogen) atoms. The smallest absolute Gasteiger partial charge is 0.337 e. The number of alkyl halides is 3. The topological polar surface area (TPSA) is 23.6 Å². The Bertz CT molecular complexity index is 533. The van der Waals surface area contributed by atoms with Gasteiger partial charge in [0.05, 0.1) is 11.1 Å². The zero-order chi connectivity index (χ0) is 15.6. The molecular formula is C14H16BrF3N2O. The summed E-state index contributed by atoms with van der Waals surface area (Å²) in [5.74, 6) is -0.551. The molecular weight excluding hydrogens is 349 g/mol. The highest BCUT2D eigenvalue weighted by atomic mass is 79.9. The van der Waals surface area contributed by atoms with Crippen molar-refractivity contribution < 1.29 is 18.0 Å². The zero-order valence-corrected chi connectivity index (χ0v) is 13.2. The fraction of sp³-hybridized carbons (Fsp3) is 0.500. The van der Waals surface area contributed by atoms with E-state index < -0.39 is 17.6 Å². The number of likely N-dealkylation sites (N-methyl/N-ethyl adjacent to an activating group) is 1. The number of amides is 1. The van der Waals surface area contributed by atoms with Crippen LogP contribution in [-0.4, -0.2) is 48.9 Å². The summed E-state index contributed by atoms with van der Waals surface area (Å²) >= 11 is 3.02. The Balaban J connectivity index is 2.30. The summed E-state index contributed by atoms with van der Waals surface area (Å²) < 4.78 is 39.6. The Kier molecular flexibility index (Phi) is 4.93. The molecule has 1 aliphatic rings. The van der Waals surface area contributed by atoms with E-state index in [1.165, 1.54) is 17.0 Å². The minimum Gasteiger partial charge on any atom is -0.337 e. The van der Waals surface area contributed by atoms with Crippen molar-refractivity contribution in [3.63, 3.8) is 0 Å². The van der Waals surface area contributed by atoms with Crippen LogP contribution in [0.25, 0.3) is 0 Å². The minimum atomic E-state index is -4.54. The number of rotatable bonds is 1. The number of carbonyl (C=O) groups excluding carboxylic acids is 1. The predicted octanol–water partition coefficient (Wildman–Crippen LogP) is 3.25. The molecule has 0 spiro atoms. The van der Waals surface area contributed by atoms with Gasteiger partial charge in [-0.05, 0) is 38.2 Å². The minimum absolute atomic E-state index is 0.282. The molecule has 0 bridgehead atoms. The summed E-state index contributed by atoms with van der Waals surface area (Å²) in [6.07, 6.45) is -3.78. The van der Waals surface area contributed by atoms with Gasteiger partial charge in [-0.3, -0.25) is 4.79 Å². The number of hydrogen-bond donors (Lipinski definition) is 0. The SMILES string of the molecule is CN1CCCN(C(=O)c2ccc(Br)cc2C(F)(F)F)CC1. The van der Waals surface area contributed by atoms with E-state index in [-0.39, 0.29) is 5.56 Å². The molecule has 7 heteroatoms. The van der Waals surface area contributed by atoms with Gasteiger partial charge < -0.3 is 9.80 Å². The molecule has 1 aromatic rings. The largest absolute Gasteiger partial charge is 0.417 e. The van der Waals surface area contributed by atoms with E-state index >= 15 is 0 Å². The van der Waals surface area contributed by atoms with E-state index in [1.54, 1.807) is 0 Å². The number of halogens is 4. The maximum atomic E-state index is 13.1. The Hall–Kier alpha value is -1.08. The van der Waals surface area contributed by atoms with E-state index in [9.17, 15) is 18.0 Å². The van der Waals surface area contributed by atoms with Crippen molar-refractivity contribution in [2.45, 2.75) is 12.6 Å². The molecule has 0 atom stereocenters. The van der Waals surface area contributed by atoms with Gasteiger partial charge in [0.15, 0.2) is 0 Å². The molecule has 3 nitrogen and oxygen atoms in total. The van der Waals surface area contributed by atoms with E-state index in [4.69, 9.17) is 0 Å². The monoisotopic (exact) mass is 364 g/mol. The third-order valence-corrected chi connectivity index (χ3v) is 4.02. The summed E-state index contributed by atoms with van der Waals surface area (Å²) in [6, 6.07) is 3.66. The third-order valence-electron chi connectivity index (χ3n) is 3.52. The molecule has 0 aliphatic carbocycles. The summed E-state index contributed by atoms with van der Waals surface area (Å²) in [4.78, 5) is 16.0. The van der Waals surface area contributed by atoms with Crippen LogP contribution in [0.5, 0.6) is 0 Å². The van der Waals surface area contributed by atoms with Crippen LogP contribution in [0.3, 0.4) is 0 Å². The first-order chi connectivity index (χ1) is 9.79. The standard InChI is InChI=1S/C14H16BrF3N2O/c1-19-5-2-6-20(8-7-19)13(21)11-4-3-10(15)9-12(11)14(16,17)18/h3-4,9H,2,5-8H2,1H3. The van der Waals surface area contributed by atoms with Crippen LogP contribution in [0.1, 0.15) is 22.3 Å². The van der Waals surface area contributed by atoms with Crippen molar-refractivity contribution in [2.24, 2.45) is 0 Å². The molecule has 1 heterocycles. The molecule has 2 rings (SSSR count). The maximum absolute atomic E-state index is 13.1. The van der Waals surface area contributed by atoms with Gasteiger partial charge in [-0.15, -0.1) is 0 Å². The molecule has 0 N–H and O–H groups in total. The lowest BCUT2D eigenvalue weighted by Gasteiger charge is -2.22. The van der Waals surface area contributed by atoms with Gasteiger partial charge in [0.2, 0.25) is 0 Å². The predicted molar refractivity (Wildman–Crippen MR) is 77.2 cm³/mol. The average molecular weight is 365 g/mol. The van der Waals surface area contributed by atoms with Gasteiger partial charge in [-0.25, -0.2) is 0 Å². The number of nitrogens with zero attached hydrogens (tertiary/aromatic N) is 2. The van der Waals surface area contributed by atoms with Crippen molar-refractivity contribution in [1.29, 1.82) is 0 Å². The van der Waals surface area contributed by atoms with Crippen LogP contribution in [0.2, 0.25) is 0 Å². The van der Waals surface area contributed by atoms with Crippen LogP contribution in [0, 0.1) is 0 Å². The van der Waals surface area contributed by atoms with Gasteiger partial charge >= 0.3 is 6.18 Å². The van der Waals surface area contributed by atoms with E-state index in [2.05, 4.69) is 20.8 Å². The lowest BCUT2D eigenvalue weighted by atomic mass is 10.1. The summed E-state index contributed by atoms with van der Waals surface area (Å²) in [5.41, 5.74) is -1.17. The number of hydrogen-bond acceptors (Lipinski definition) is 2. The first kappa shape index (κ1) is 16.3. The summed E-state index contributed by atoms with van der Waals surface area (Å²) in [7, 11) is 1.94. The van der Waals surface area contributed by atoms with Crippen LogP contribution in [0.15, 0.2) is 22.7 Å². The second-order valence-electron chi connectivity index (χ2n) is 5.14. The molecule has 0 radical (unpaired) electrons. The van der Waals surface area contributed by atoms with Crippen molar-refractivity contribution in [3.8, 4) is 0 Å². The van der Waals surface area contributed by atoms with Crippen LogP contribution >= 0.6 is 15.9 Å². The van der Waals surface area contributed by atoms with Gasteiger partial charge in [0, 0.05) is 24.1 Å². The Morgan fingerprint density at radius 3 is 2.57 bits per heavy atom. The molecule has 1 fully saturated rings. The quantitative estimate of drug-likeness (QED) is 0.763. The Labute approximate surface area is 129 Å². The van der Waals surface area contributed by atoms with Gasteiger partial charge in [0.1, 0.15) is 0 Å². The van der Waals surface area contributed by atoms with Crippen LogP contribution in [-0.2, 0) is 6.18 Å². The summed E-state index contributed by atoms with van der Waals surface area (Å²) in [5, 5.41) is 0. The molecule has 1 aliphatic heterocycles. The molecule has 1 aromatic carbocycles. The van der Waals surface area contributed by atoms with Gasteiger partial charge in [-0.1, -0.05) is 15.9 Å². The maximum Gasteiger partial charge on any atom is 0.417 e. The Morgan fingerprint density at radius 2 is 1.90 bits per heavy atom. The molecule has 0 saturated carbocycles. The highest BCUT2D eigenvalue weighted by Crippen LogP contribution is 2.34. The number of benzene rings is 1. The molecule has 0 aromatic heterocycles. The summed E-state index contributed by atoms with van der Waals surface area (Å²) in [6.45, 7) is 2.44. The van der Waals surface area contributed by atoms with E-state index in [0.29, 0.717) is 24.1 Å². The molecule has 0 unspecified atom stereocenters. The Morgan fingerprint density at radius 1 is 1.19 bits per heavy atom. The highest BCUT2D eigenvalue weighted by molar-refractivity contribution is 9.10. The highest BCUT2D eigenvalue weighted by Gasteiger charge is 2.36.